The lowest BCUT2D eigenvalue weighted by Crippen LogP contribution is -2.28. The van der Waals surface area contributed by atoms with Crippen molar-refractivity contribution in [1.29, 1.82) is 0 Å². The quantitative estimate of drug-likeness (QED) is 0.709. The van der Waals surface area contributed by atoms with Crippen molar-refractivity contribution in [3.05, 3.63) is 30.3 Å². The third kappa shape index (κ3) is 7.22. The van der Waals surface area contributed by atoms with E-state index in [2.05, 4.69) is 10.2 Å². The van der Waals surface area contributed by atoms with Gasteiger partial charge in [-0.15, -0.1) is 0 Å². The third-order valence-electron chi connectivity index (χ3n) is 3.42. The molecule has 22 heavy (non-hydrogen) atoms. The van der Waals surface area contributed by atoms with Gasteiger partial charge in [0, 0.05) is 32.1 Å². The highest BCUT2D eigenvalue weighted by molar-refractivity contribution is 5.92. The maximum absolute atomic E-state index is 12.0. The van der Waals surface area contributed by atoms with Gasteiger partial charge in [0.15, 0.2) is 0 Å². The van der Waals surface area contributed by atoms with Crippen molar-refractivity contribution in [2.24, 2.45) is 0 Å². The molecule has 0 radical (unpaired) electrons. The number of carbonyl (C=O) groups excluding carboxylic acids is 2. The number of nitrogens with one attached hydrogen (secondary N) is 1. The van der Waals surface area contributed by atoms with E-state index >= 15 is 0 Å². The summed E-state index contributed by atoms with van der Waals surface area (Å²) in [6, 6.07) is 9.52. The Labute approximate surface area is 133 Å². The van der Waals surface area contributed by atoms with Crippen LogP contribution in [-0.2, 0) is 9.59 Å². The van der Waals surface area contributed by atoms with Crippen molar-refractivity contribution >= 4 is 17.5 Å². The average Bonchev–Trinajstić information content (AvgIpc) is 2.51. The summed E-state index contributed by atoms with van der Waals surface area (Å²) in [5.41, 5.74) is 0.876. The number of para-hydroxylation sites is 1. The van der Waals surface area contributed by atoms with Crippen LogP contribution in [0.4, 0.5) is 5.69 Å². The predicted molar refractivity (Wildman–Crippen MR) is 89.9 cm³/mol. The molecule has 0 spiro atoms. The van der Waals surface area contributed by atoms with Crippen LogP contribution < -0.4 is 10.2 Å². The molecule has 0 aromatic heterocycles. The number of carbonyl (C=O) groups is 2. The Morgan fingerprint density at radius 1 is 1.00 bits per heavy atom. The van der Waals surface area contributed by atoms with E-state index in [0.29, 0.717) is 25.8 Å². The first-order chi connectivity index (χ1) is 10.5. The van der Waals surface area contributed by atoms with Crippen molar-refractivity contribution in [3.63, 3.8) is 0 Å². The second-order valence-electron chi connectivity index (χ2n) is 5.65. The SMILES string of the molecule is CN(C)CCCNC(=O)CCCC(=O)N(C)c1ccccc1. The molecule has 0 bridgehead atoms. The van der Waals surface area contributed by atoms with Gasteiger partial charge in [0.25, 0.3) is 0 Å². The lowest BCUT2D eigenvalue weighted by Gasteiger charge is -2.17. The molecule has 1 aromatic carbocycles. The summed E-state index contributed by atoms with van der Waals surface area (Å²) in [6.45, 7) is 1.65. The predicted octanol–water partition coefficient (Wildman–Crippen LogP) is 1.89. The molecule has 0 atom stereocenters. The van der Waals surface area contributed by atoms with E-state index in [4.69, 9.17) is 0 Å². The van der Waals surface area contributed by atoms with Crippen LogP contribution in [-0.4, -0.2) is 50.9 Å². The van der Waals surface area contributed by atoms with Gasteiger partial charge in [-0.25, -0.2) is 0 Å². The number of rotatable bonds is 9. The van der Waals surface area contributed by atoms with E-state index in [9.17, 15) is 9.59 Å². The second kappa shape index (κ2) is 9.95. The summed E-state index contributed by atoms with van der Waals surface area (Å²) in [7, 11) is 5.78. The molecule has 2 amide bonds. The van der Waals surface area contributed by atoms with Crippen LogP contribution >= 0.6 is 0 Å². The Bertz CT molecular complexity index is 460. The van der Waals surface area contributed by atoms with Crippen LogP contribution in [0.15, 0.2) is 30.3 Å². The van der Waals surface area contributed by atoms with Gasteiger partial charge in [0.05, 0.1) is 0 Å². The number of amides is 2. The van der Waals surface area contributed by atoms with Gasteiger partial charge >= 0.3 is 0 Å². The molecule has 5 heteroatoms. The molecule has 0 heterocycles. The Morgan fingerprint density at radius 2 is 1.68 bits per heavy atom. The number of hydrogen-bond acceptors (Lipinski definition) is 3. The zero-order valence-electron chi connectivity index (χ0n) is 13.8. The van der Waals surface area contributed by atoms with E-state index in [1.165, 1.54) is 0 Å². The Morgan fingerprint density at radius 3 is 2.32 bits per heavy atom. The first kappa shape index (κ1) is 18.2. The van der Waals surface area contributed by atoms with E-state index in [1.54, 1.807) is 11.9 Å². The maximum Gasteiger partial charge on any atom is 0.226 e. The van der Waals surface area contributed by atoms with E-state index in [0.717, 1.165) is 18.7 Å². The highest BCUT2D eigenvalue weighted by Crippen LogP contribution is 2.13. The van der Waals surface area contributed by atoms with Gasteiger partial charge in [-0.3, -0.25) is 9.59 Å². The summed E-state index contributed by atoms with van der Waals surface area (Å²) in [5, 5.41) is 2.88. The van der Waals surface area contributed by atoms with Crippen molar-refractivity contribution in [1.82, 2.24) is 10.2 Å². The van der Waals surface area contributed by atoms with Crippen LogP contribution in [0.2, 0.25) is 0 Å². The van der Waals surface area contributed by atoms with Crippen LogP contribution in [0, 0.1) is 0 Å². The third-order valence-corrected chi connectivity index (χ3v) is 3.42. The van der Waals surface area contributed by atoms with E-state index < -0.39 is 0 Å². The number of anilines is 1. The van der Waals surface area contributed by atoms with Crippen molar-refractivity contribution in [2.45, 2.75) is 25.7 Å². The minimum Gasteiger partial charge on any atom is -0.356 e. The van der Waals surface area contributed by atoms with Crippen LogP contribution in [0.1, 0.15) is 25.7 Å². The summed E-state index contributed by atoms with van der Waals surface area (Å²) < 4.78 is 0. The highest BCUT2D eigenvalue weighted by atomic mass is 16.2. The smallest absolute Gasteiger partial charge is 0.226 e. The molecule has 0 aliphatic heterocycles. The van der Waals surface area contributed by atoms with Gasteiger partial charge in [-0.1, -0.05) is 18.2 Å². The summed E-state index contributed by atoms with van der Waals surface area (Å²) >= 11 is 0. The number of nitrogens with zero attached hydrogens (tertiary/aromatic N) is 2. The molecular weight excluding hydrogens is 278 g/mol. The molecule has 1 rings (SSSR count). The second-order valence-corrected chi connectivity index (χ2v) is 5.65. The van der Waals surface area contributed by atoms with Gasteiger partial charge in [0.1, 0.15) is 0 Å². The summed E-state index contributed by atoms with van der Waals surface area (Å²) in [4.78, 5) is 27.4. The summed E-state index contributed by atoms with van der Waals surface area (Å²) in [5.74, 6) is 0.0560. The molecule has 1 N–H and O–H groups in total. The average molecular weight is 305 g/mol. The van der Waals surface area contributed by atoms with Crippen LogP contribution in [0.25, 0.3) is 0 Å². The first-order valence-electron chi connectivity index (χ1n) is 7.73. The molecule has 0 saturated carbocycles. The fourth-order valence-electron chi connectivity index (χ4n) is 2.07. The molecule has 0 aliphatic carbocycles. The zero-order chi connectivity index (χ0) is 16.4. The van der Waals surface area contributed by atoms with Gasteiger partial charge < -0.3 is 15.1 Å². The van der Waals surface area contributed by atoms with Crippen molar-refractivity contribution < 1.29 is 9.59 Å². The Kier molecular flexibility index (Phi) is 8.22. The molecular formula is C17H27N3O2. The van der Waals surface area contributed by atoms with Gasteiger partial charge in [-0.2, -0.15) is 0 Å². The molecule has 0 saturated heterocycles. The first-order valence-corrected chi connectivity index (χ1v) is 7.73. The zero-order valence-corrected chi connectivity index (χ0v) is 13.8. The summed E-state index contributed by atoms with van der Waals surface area (Å²) in [6.07, 6.45) is 2.30. The topological polar surface area (TPSA) is 52.7 Å². The fourth-order valence-corrected chi connectivity index (χ4v) is 2.07. The lowest BCUT2D eigenvalue weighted by atomic mass is 10.2. The Balaban J connectivity index is 2.18. The minimum absolute atomic E-state index is 0.0221. The Hall–Kier alpha value is -1.88. The molecule has 0 fully saturated rings. The van der Waals surface area contributed by atoms with E-state index in [1.807, 2.05) is 44.4 Å². The van der Waals surface area contributed by atoms with Crippen molar-refractivity contribution in [3.8, 4) is 0 Å². The maximum atomic E-state index is 12.0. The molecule has 0 aliphatic rings. The molecule has 122 valence electrons. The van der Waals surface area contributed by atoms with Crippen LogP contribution in [0.5, 0.6) is 0 Å². The normalized spacial score (nSPS) is 10.5. The van der Waals surface area contributed by atoms with Gasteiger partial charge in [0.2, 0.25) is 11.8 Å². The monoisotopic (exact) mass is 305 g/mol. The van der Waals surface area contributed by atoms with E-state index in [-0.39, 0.29) is 11.8 Å². The molecule has 5 nitrogen and oxygen atoms in total. The molecule has 1 aromatic rings. The largest absolute Gasteiger partial charge is 0.356 e. The standard InChI is InChI=1S/C17H27N3O2/c1-19(2)14-8-13-18-16(21)11-7-12-17(22)20(3)15-9-5-4-6-10-15/h4-6,9-10H,7-8,11-14H2,1-3H3,(H,18,21). The minimum atomic E-state index is 0.0221. The van der Waals surface area contributed by atoms with Gasteiger partial charge in [-0.05, 0) is 45.6 Å². The number of hydrogen-bond donors (Lipinski definition) is 1. The highest BCUT2D eigenvalue weighted by Gasteiger charge is 2.11. The fraction of sp³-hybridized carbons (Fsp3) is 0.529. The molecule has 0 unspecified atom stereocenters. The lowest BCUT2D eigenvalue weighted by molar-refractivity contribution is -0.121. The van der Waals surface area contributed by atoms with Crippen LogP contribution in [0.3, 0.4) is 0 Å². The van der Waals surface area contributed by atoms with Crippen molar-refractivity contribution in [2.75, 3.05) is 39.1 Å². The number of benzene rings is 1.